The molecule has 11 heavy (non-hydrogen) atoms. The van der Waals surface area contributed by atoms with Crippen molar-refractivity contribution < 1.29 is 9.47 Å². The molecule has 2 unspecified atom stereocenters. The molecule has 2 atom stereocenters. The van der Waals surface area contributed by atoms with Gasteiger partial charge in [0.05, 0.1) is 12.2 Å². The van der Waals surface area contributed by atoms with Crippen molar-refractivity contribution in [2.24, 2.45) is 0 Å². The summed E-state index contributed by atoms with van der Waals surface area (Å²) in [5, 5.41) is 0. The van der Waals surface area contributed by atoms with Crippen LogP contribution < -0.4 is 0 Å². The Morgan fingerprint density at radius 2 is 1.55 bits per heavy atom. The molecule has 0 rings (SSSR count). The maximum atomic E-state index is 5.31. The van der Waals surface area contributed by atoms with Crippen molar-refractivity contribution in [1.29, 1.82) is 0 Å². The molecule has 0 fully saturated rings. The molecule has 0 aromatic heterocycles. The Kier molecular flexibility index (Phi) is 6.57. The third-order valence-electron chi connectivity index (χ3n) is 2.00. The van der Waals surface area contributed by atoms with Crippen molar-refractivity contribution in [3.05, 3.63) is 0 Å². The summed E-state index contributed by atoms with van der Waals surface area (Å²) in [5.74, 6) is 0. The van der Waals surface area contributed by atoms with Gasteiger partial charge in [-0.3, -0.25) is 0 Å². The highest BCUT2D eigenvalue weighted by Crippen LogP contribution is 2.11. The molecule has 0 N–H and O–H groups in total. The van der Waals surface area contributed by atoms with E-state index in [-0.39, 0.29) is 12.2 Å². The summed E-state index contributed by atoms with van der Waals surface area (Å²) in [5.41, 5.74) is 0. The maximum absolute atomic E-state index is 5.31. The van der Waals surface area contributed by atoms with Crippen LogP contribution in [0, 0.1) is 0 Å². The van der Waals surface area contributed by atoms with E-state index in [1.807, 2.05) is 0 Å². The first-order chi connectivity index (χ1) is 5.29. The third kappa shape index (κ3) is 3.73. The van der Waals surface area contributed by atoms with Crippen molar-refractivity contribution in [2.45, 2.75) is 45.3 Å². The van der Waals surface area contributed by atoms with Gasteiger partial charge in [-0.1, -0.05) is 20.3 Å². The molecule has 2 nitrogen and oxygen atoms in total. The van der Waals surface area contributed by atoms with Gasteiger partial charge in [-0.25, -0.2) is 0 Å². The largest absolute Gasteiger partial charge is 0.379 e. The average molecular weight is 160 g/mol. The Balaban J connectivity index is 3.76. The fourth-order valence-corrected chi connectivity index (χ4v) is 1.32. The van der Waals surface area contributed by atoms with Crippen LogP contribution in [0.2, 0.25) is 0 Å². The molecule has 2 heteroatoms. The van der Waals surface area contributed by atoms with Gasteiger partial charge in [0.25, 0.3) is 0 Å². The zero-order chi connectivity index (χ0) is 8.69. The minimum atomic E-state index is 0.264. The highest BCUT2D eigenvalue weighted by molar-refractivity contribution is 4.67. The highest BCUT2D eigenvalue weighted by Gasteiger charge is 2.17. The van der Waals surface area contributed by atoms with Gasteiger partial charge in [0.2, 0.25) is 0 Å². The Bertz CT molecular complexity index is 79.6. The summed E-state index contributed by atoms with van der Waals surface area (Å²) < 4.78 is 10.6. The molecule has 68 valence electrons. The van der Waals surface area contributed by atoms with Gasteiger partial charge in [0, 0.05) is 14.2 Å². The lowest BCUT2D eigenvalue weighted by molar-refractivity contribution is -0.0410. The Labute approximate surface area is 69.9 Å². The van der Waals surface area contributed by atoms with Crippen molar-refractivity contribution >= 4 is 0 Å². The van der Waals surface area contributed by atoms with Gasteiger partial charge in [-0.2, -0.15) is 0 Å². The monoisotopic (exact) mass is 160 g/mol. The summed E-state index contributed by atoms with van der Waals surface area (Å²) in [4.78, 5) is 0. The van der Waals surface area contributed by atoms with Crippen LogP contribution in [0.15, 0.2) is 0 Å². The van der Waals surface area contributed by atoms with E-state index < -0.39 is 0 Å². The quantitative estimate of drug-likeness (QED) is 0.593. The maximum Gasteiger partial charge on any atom is 0.0832 e. The van der Waals surface area contributed by atoms with Gasteiger partial charge >= 0.3 is 0 Å². The fourth-order valence-electron chi connectivity index (χ4n) is 1.32. The van der Waals surface area contributed by atoms with Crippen LogP contribution in [0.3, 0.4) is 0 Å². The number of hydrogen-bond donors (Lipinski definition) is 0. The lowest BCUT2D eigenvalue weighted by Crippen LogP contribution is -2.29. The lowest BCUT2D eigenvalue weighted by atomic mass is 10.1. The van der Waals surface area contributed by atoms with Gasteiger partial charge in [-0.05, 0) is 12.8 Å². The zero-order valence-corrected chi connectivity index (χ0v) is 8.09. The van der Waals surface area contributed by atoms with E-state index in [0.29, 0.717) is 0 Å². The summed E-state index contributed by atoms with van der Waals surface area (Å²) in [6, 6.07) is 0. The van der Waals surface area contributed by atoms with Crippen molar-refractivity contribution in [3.8, 4) is 0 Å². The molecule has 0 saturated carbocycles. The summed E-state index contributed by atoms with van der Waals surface area (Å²) in [7, 11) is 3.50. The smallest absolute Gasteiger partial charge is 0.0832 e. The third-order valence-corrected chi connectivity index (χ3v) is 2.00. The molecule has 0 aromatic rings. The van der Waals surface area contributed by atoms with Crippen LogP contribution in [0.5, 0.6) is 0 Å². The van der Waals surface area contributed by atoms with E-state index in [0.717, 1.165) is 19.3 Å². The second kappa shape index (κ2) is 6.62. The zero-order valence-electron chi connectivity index (χ0n) is 8.09. The second-order valence-corrected chi connectivity index (χ2v) is 2.75. The van der Waals surface area contributed by atoms with E-state index in [1.165, 1.54) is 0 Å². The minimum absolute atomic E-state index is 0.264. The molecule has 0 aliphatic carbocycles. The predicted molar refractivity (Wildman–Crippen MR) is 46.8 cm³/mol. The molecule has 0 bridgehead atoms. The van der Waals surface area contributed by atoms with E-state index in [4.69, 9.17) is 9.47 Å². The first-order valence-electron chi connectivity index (χ1n) is 4.35. The Morgan fingerprint density at radius 3 is 1.82 bits per heavy atom. The normalized spacial score (nSPS) is 16.4. The molecule has 0 aromatic carbocycles. The van der Waals surface area contributed by atoms with Crippen LogP contribution in [0.1, 0.15) is 33.1 Å². The number of rotatable bonds is 6. The average Bonchev–Trinajstić information content (AvgIpc) is 2.05. The molecule has 0 spiro atoms. The molecule has 0 aliphatic rings. The number of hydrogen-bond acceptors (Lipinski definition) is 2. The number of methoxy groups -OCH3 is 2. The summed E-state index contributed by atoms with van der Waals surface area (Å²) in [6.07, 6.45) is 3.80. The summed E-state index contributed by atoms with van der Waals surface area (Å²) >= 11 is 0. The van der Waals surface area contributed by atoms with Crippen LogP contribution >= 0.6 is 0 Å². The van der Waals surface area contributed by atoms with Crippen LogP contribution in [0.25, 0.3) is 0 Å². The van der Waals surface area contributed by atoms with Crippen LogP contribution in [-0.4, -0.2) is 26.4 Å². The van der Waals surface area contributed by atoms with E-state index in [1.54, 1.807) is 14.2 Å². The molecule has 0 heterocycles. The highest BCUT2D eigenvalue weighted by atomic mass is 16.5. The van der Waals surface area contributed by atoms with Crippen LogP contribution in [0.4, 0.5) is 0 Å². The van der Waals surface area contributed by atoms with Crippen LogP contribution in [-0.2, 0) is 9.47 Å². The second-order valence-electron chi connectivity index (χ2n) is 2.75. The molecule has 0 aliphatic heterocycles. The van der Waals surface area contributed by atoms with E-state index in [9.17, 15) is 0 Å². The topological polar surface area (TPSA) is 18.5 Å². The summed E-state index contributed by atoms with van der Waals surface area (Å²) in [6.45, 7) is 4.28. The van der Waals surface area contributed by atoms with Crippen molar-refractivity contribution in [1.82, 2.24) is 0 Å². The number of ether oxygens (including phenoxy) is 2. The molecular formula is C9H20O2. The first kappa shape index (κ1) is 10.9. The standard InChI is InChI=1S/C9H20O2/c1-5-7-9(11-4)8(6-2)10-3/h8-9H,5-7H2,1-4H3. The predicted octanol–water partition coefficient (Wildman–Crippen LogP) is 2.23. The minimum Gasteiger partial charge on any atom is -0.379 e. The SMILES string of the molecule is CCCC(OC)C(CC)OC. The van der Waals surface area contributed by atoms with Crippen molar-refractivity contribution in [2.75, 3.05) is 14.2 Å². The lowest BCUT2D eigenvalue weighted by Gasteiger charge is -2.22. The van der Waals surface area contributed by atoms with Gasteiger partial charge in [0.1, 0.15) is 0 Å². The van der Waals surface area contributed by atoms with Crippen molar-refractivity contribution in [3.63, 3.8) is 0 Å². The van der Waals surface area contributed by atoms with Gasteiger partial charge < -0.3 is 9.47 Å². The molecule has 0 saturated heterocycles. The van der Waals surface area contributed by atoms with Gasteiger partial charge in [0.15, 0.2) is 0 Å². The molecular weight excluding hydrogens is 140 g/mol. The van der Waals surface area contributed by atoms with Gasteiger partial charge in [-0.15, -0.1) is 0 Å². The first-order valence-corrected chi connectivity index (χ1v) is 4.35. The Morgan fingerprint density at radius 1 is 1.00 bits per heavy atom. The van der Waals surface area contributed by atoms with E-state index >= 15 is 0 Å². The molecule has 0 radical (unpaired) electrons. The molecule has 0 amide bonds. The fraction of sp³-hybridized carbons (Fsp3) is 1.00. The Hall–Kier alpha value is -0.0800. The van der Waals surface area contributed by atoms with E-state index in [2.05, 4.69) is 13.8 Å².